The fourth-order valence-corrected chi connectivity index (χ4v) is 3.18. The van der Waals surface area contributed by atoms with E-state index in [0.29, 0.717) is 19.1 Å². The second-order valence-electron chi connectivity index (χ2n) is 4.27. The van der Waals surface area contributed by atoms with Crippen LogP contribution >= 0.6 is 11.3 Å². The van der Waals surface area contributed by atoms with Crippen LogP contribution in [0.1, 0.15) is 23.4 Å². The topological polar surface area (TPSA) is 52.6 Å². The minimum absolute atomic E-state index is 0.00400. The molecule has 1 aromatic rings. The molecule has 17 heavy (non-hydrogen) atoms. The summed E-state index contributed by atoms with van der Waals surface area (Å²) in [6, 6.07) is 2.47. The molecule has 2 rings (SSSR count). The summed E-state index contributed by atoms with van der Waals surface area (Å²) in [5.41, 5.74) is 1.36. The standard InChI is InChI=1S/C12H18N2O2S/c1-9-10-3-7-17-11(10)2-5-14(9)8-12(16)13-4-6-15/h3,7,9,15H,2,4-6,8H2,1H3,(H,13,16). The summed E-state index contributed by atoms with van der Waals surface area (Å²) in [6.07, 6.45) is 1.03. The van der Waals surface area contributed by atoms with E-state index in [1.54, 1.807) is 11.3 Å². The number of amides is 1. The Morgan fingerprint density at radius 1 is 1.71 bits per heavy atom. The number of rotatable bonds is 4. The Balaban J connectivity index is 1.93. The first-order chi connectivity index (χ1) is 8.22. The van der Waals surface area contributed by atoms with Crippen LogP contribution in [0.5, 0.6) is 0 Å². The van der Waals surface area contributed by atoms with Crippen molar-refractivity contribution in [2.45, 2.75) is 19.4 Å². The molecule has 0 aromatic carbocycles. The summed E-state index contributed by atoms with van der Waals surface area (Å²) >= 11 is 1.80. The first kappa shape index (κ1) is 12.5. The summed E-state index contributed by atoms with van der Waals surface area (Å²) < 4.78 is 0. The quantitative estimate of drug-likeness (QED) is 0.834. The molecule has 0 radical (unpaired) electrons. The molecule has 0 saturated heterocycles. The van der Waals surface area contributed by atoms with Crippen molar-refractivity contribution in [1.29, 1.82) is 0 Å². The van der Waals surface area contributed by atoms with Crippen molar-refractivity contribution in [3.05, 3.63) is 21.9 Å². The van der Waals surface area contributed by atoms with E-state index in [4.69, 9.17) is 5.11 Å². The lowest BCUT2D eigenvalue weighted by atomic mass is 10.0. The zero-order chi connectivity index (χ0) is 12.3. The van der Waals surface area contributed by atoms with Crippen molar-refractivity contribution in [3.63, 3.8) is 0 Å². The van der Waals surface area contributed by atoms with E-state index in [0.717, 1.165) is 13.0 Å². The van der Waals surface area contributed by atoms with Crippen LogP contribution in [-0.4, -0.2) is 42.2 Å². The summed E-state index contributed by atoms with van der Waals surface area (Å²) in [4.78, 5) is 15.2. The van der Waals surface area contributed by atoms with Gasteiger partial charge >= 0.3 is 0 Å². The second kappa shape index (κ2) is 5.62. The van der Waals surface area contributed by atoms with Gasteiger partial charge in [-0.05, 0) is 30.4 Å². The van der Waals surface area contributed by atoms with E-state index in [-0.39, 0.29) is 12.5 Å². The molecular formula is C12H18N2O2S. The SMILES string of the molecule is CC1c2ccsc2CCN1CC(=O)NCCO. The van der Waals surface area contributed by atoms with E-state index in [9.17, 15) is 4.79 Å². The first-order valence-electron chi connectivity index (χ1n) is 5.90. The van der Waals surface area contributed by atoms with Gasteiger partial charge in [0.15, 0.2) is 0 Å². The van der Waals surface area contributed by atoms with Crippen LogP contribution in [0.3, 0.4) is 0 Å². The number of thiophene rings is 1. The van der Waals surface area contributed by atoms with Gasteiger partial charge < -0.3 is 10.4 Å². The smallest absolute Gasteiger partial charge is 0.234 e. The predicted octanol–water partition coefficient (Wildman–Crippen LogP) is 0.776. The van der Waals surface area contributed by atoms with Gasteiger partial charge in [-0.1, -0.05) is 0 Å². The van der Waals surface area contributed by atoms with Crippen molar-refractivity contribution < 1.29 is 9.90 Å². The average molecular weight is 254 g/mol. The van der Waals surface area contributed by atoms with Crippen LogP contribution in [0.25, 0.3) is 0 Å². The van der Waals surface area contributed by atoms with Crippen molar-refractivity contribution in [2.24, 2.45) is 0 Å². The highest BCUT2D eigenvalue weighted by atomic mass is 32.1. The second-order valence-corrected chi connectivity index (χ2v) is 5.27. The van der Waals surface area contributed by atoms with Crippen LogP contribution in [0, 0.1) is 0 Å². The zero-order valence-electron chi connectivity index (χ0n) is 9.98. The van der Waals surface area contributed by atoms with Crippen molar-refractivity contribution in [2.75, 3.05) is 26.2 Å². The Bertz CT molecular complexity index is 392. The van der Waals surface area contributed by atoms with Crippen LogP contribution in [0.4, 0.5) is 0 Å². The van der Waals surface area contributed by atoms with Gasteiger partial charge in [-0.3, -0.25) is 9.69 Å². The third kappa shape index (κ3) is 2.86. The number of carbonyl (C=O) groups excluding carboxylic acids is 1. The molecule has 5 heteroatoms. The van der Waals surface area contributed by atoms with E-state index >= 15 is 0 Å². The lowest BCUT2D eigenvalue weighted by Gasteiger charge is -2.32. The molecule has 94 valence electrons. The normalized spacial score (nSPS) is 20.0. The Hall–Kier alpha value is -0.910. The molecule has 1 amide bonds. The van der Waals surface area contributed by atoms with Crippen LogP contribution < -0.4 is 5.32 Å². The fourth-order valence-electron chi connectivity index (χ4n) is 2.21. The highest BCUT2D eigenvalue weighted by Gasteiger charge is 2.25. The maximum Gasteiger partial charge on any atom is 0.234 e. The molecule has 1 unspecified atom stereocenters. The number of aliphatic hydroxyl groups is 1. The molecule has 1 atom stereocenters. The molecule has 1 aliphatic heterocycles. The maximum absolute atomic E-state index is 11.6. The van der Waals surface area contributed by atoms with Gasteiger partial charge in [0.25, 0.3) is 0 Å². The van der Waals surface area contributed by atoms with E-state index in [2.05, 4.69) is 28.6 Å². The zero-order valence-corrected chi connectivity index (χ0v) is 10.8. The third-order valence-corrected chi connectivity index (χ3v) is 4.18. The molecule has 2 heterocycles. The van der Waals surface area contributed by atoms with Gasteiger partial charge in [-0.2, -0.15) is 0 Å². The van der Waals surface area contributed by atoms with Crippen molar-refractivity contribution in [1.82, 2.24) is 10.2 Å². The average Bonchev–Trinajstić information content (AvgIpc) is 2.79. The lowest BCUT2D eigenvalue weighted by molar-refractivity contribution is -0.123. The number of nitrogens with one attached hydrogen (secondary N) is 1. The molecule has 1 aromatic heterocycles. The molecular weight excluding hydrogens is 236 g/mol. The summed E-state index contributed by atoms with van der Waals surface area (Å²) in [5, 5.41) is 13.5. The highest BCUT2D eigenvalue weighted by Crippen LogP contribution is 2.32. The molecule has 0 aliphatic carbocycles. The van der Waals surface area contributed by atoms with Crippen LogP contribution in [0.15, 0.2) is 11.4 Å². The number of hydrogen-bond acceptors (Lipinski definition) is 4. The molecule has 0 fully saturated rings. The predicted molar refractivity (Wildman–Crippen MR) is 68.1 cm³/mol. The number of fused-ring (bicyclic) bond motifs is 1. The van der Waals surface area contributed by atoms with E-state index in [1.807, 2.05) is 0 Å². The fraction of sp³-hybridized carbons (Fsp3) is 0.583. The molecule has 1 aliphatic rings. The first-order valence-corrected chi connectivity index (χ1v) is 6.78. The van der Waals surface area contributed by atoms with E-state index in [1.165, 1.54) is 10.4 Å². The number of nitrogens with zero attached hydrogens (tertiary/aromatic N) is 1. The summed E-state index contributed by atoms with van der Waals surface area (Å²) in [6.45, 7) is 3.82. The number of hydrogen-bond donors (Lipinski definition) is 2. The Labute approximate surface area is 105 Å². The third-order valence-electron chi connectivity index (χ3n) is 3.18. The van der Waals surface area contributed by atoms with Crippen molar-refractivity contribution >= 4 is 17.2 Å². The highest BCUT2D eigenvalue weighted by molar-refractivity contribution is 7.10. The van der Waals surface area contributed by atoms with Gasteiger partial charge in [0.1, 0.15) is 0 Å². The van der Waals surface area contributed by atoms with Crippen molar-refractivity contribution in [3.8, 4) is 0 Å². The summed E-state index contributed by atoms with van der Waals surface area (Å²) in [7, 11) is 0. The van der Waals surface area contributed by atoms with Gasteiger partial charge in [-0.25, -0.2) is 0 Å². The van der Waals surface area contributed by atoms with Crippen LogP contribution in [0.2, 0.25) is 0 Å². The Morgan fingerprint density at radius 2 is 2.53 bits per heavy atom. The molecule has 0 saturated carbocycles. The Kier molecular flexibility index (Phi) is 4.15. The summed E-state index contributed by atoms with van der Waals surface area (Å²) in [5.74, 6) is -0.00965. The molecule has 0 bridgehead atoms. The molecule has 0 spiro atoms. The van der Waals surface area contributed by atoms with E-state index < -0.39 is 0 Å². The monoisotopic (exact) mass is 254 g/mol. The largest absolute Gasteiger partial charge is 0.395 e. The minimum atomic E-state index is -0.00965. The van der Waals surface area contributed by atoms with Gasteiger partial charge in [0.05, 0.1) is 13.2 Å². The van der Waals surface area contributed by atoms with Gasteiger partial charge in [0.2, 0.25) is 5.91 Å². The van der Waals surface area contributed by atoms with Crippen LogP contribution in [-0.2, 0) is 11.2 Å². The number of aliphatic hydroxyl groups excluding tert-OH is 1. The molecule has 2 N–H and O–H groups in total. The van der Waals surface area contributed by atoms with Gasteiger partial charge in [-0.15, -0.1) is 11.3 Å². The minimum Gasteiger partial charge on any atom is -0.395 e. The lowest BCUT2D eigenvalue weighted by Crippen LogP contribution is -2.42. The Morgan fingerprint density at radius 3 is 3.29 bits per heavy atom. The maximum atomic E-state index is 11.6. The molecule has 4 nitrogen and oxygen atoms in total. The number of carbonyl (C=O) groups is 1. The van der Waals surface area contributed by atoms with Gasteiger partial charge in [0, 0.05) is 24.0 Å².